The molecule has 0 amide bonds. The highest BCUT2D eigenvalue weighted by molar-refractivity contribution is 5.60. The zero-order valence-electron chi connectivity index (χ0n) is 14.4. The average Bonchev–Trinajstić information content (AvgIpc) is 2.68. The molecule has 1 fully saturated rings. The molecule has 2 aliphatic rings. The van der Waals surface area contributed by atoms with Crippen LogP contribution in [0.1, 0.15) is 30.1 Å². The second-order valence-electron chi connectivity index (χ2n) is 6.84. The van der Waals surface area contributed by atoms with Crippen molar-refractivity contribution in [3.8, 4) is 0 Å². The van der Waals surface area contributed by atoms with Crippen LogP contribution in [0.3, 0.4) is 0 Å². The molecule has 0 aromatic heterocycles. The molecule has 2 aliphatic heterocycles. The van der Waals surface area contributed by atoms with Crippen LogP contribution in [-0.2, 0) is 9.47 Å². The van der Waals surface area contributed by atoms with Crippen LogP contribution in [0.5, 0.6) is 0 Å². The SMILES string of the molecule is O=[N+]([O-])CC1C=C(c2ccccc2)OC2OC(c3ccccc3)CCC12. The largest absolute Gasteiger partial charge is 0.464 e. The lowest BCUT2D eigenvalue weighted by atomic mass is 9.81. The lowest BCUT2D eigenvalue weighted by Crippen LogP contribution is -2.41. The van der Waals surface area contributed by atoms with Crippen LogP contribution >= 0.6 is 0 Å². The second-order valence-corrected chi connectivity index (χ2v) is 6.84. The molecule has 4 atom stereocenters. The maximum Gasteiger partial charge on any atom is 0.210 e. The van der Waals surface area contributed by atoms with E-state index in [1.165, 1.54) is 0 Å². The van der Waals surface area contributed by atoms with Gasteiger partial charge in [-0.2, -0.15) is 0 Å². The molecular weight excluding hydrogens is 330 g/mol. The summed E-state index contributed by atoms with van der Waals surface area (Å²) in [6.07, 6.45) is 3.10. The fourth-order valence-corrected chi connectivity index (χ4v) is 3.86. The number of nitrogens with zero attached hydrogens (tertiary/aromatic N) is 1. The molecule has 0 radical (unpaired) electrons. The Morgan fingerprint density at radius 2 is 1.69 bits per heavy atom. The van der Waals surface area contributed by atoms with Crippen molar-refractivity contribution in [2.75, 3.05) is 6.54 Å². The first-order chi connectivity index (χ1) is 12.7. The maximum atomic E-state index is 11.2. The molecule has 134 valence electrons. The third kappa shape index (κ3) is 3.48. The summed E-state index contributed by atoms with van der Waals surface area (Å²) in [5, 5.41) is 11.2. The Morgan fingerprint density at radius 3 is 2.38 bits per heavy atom. The van der Waals surface area contributed by atoms with Crippen molar-refractivity contribution in [1.29, 1.82) is 0 Å². The summed E-state index contributed by atoms with van der Waals surface area (Å²) in [5.74, 6) is 0.496. The van der Waals surface area contributed by atoms with E-state index in [4.69, 9.17) is 9.47 Å². The van der Waals surface area contributed by atoms with E-state index in [0.717, 1.165) is 24.0 Å². The van der Waals surface area contributed by atoms with E-state index in [1.54, 1.807) is 0 Å². The van der Waals surface area contributed by atoms with E-state index in [2.05, 4.69) is 12.1 Å². The van der Waals surface area contributed by atoms with Crippen LogP contribution in [0.2, 0.25) is 0 Å². The molecule has 2 aromatic carbocycles. The lowest BCUT2D eigenvalue weighted by Gasteiger charge is -2.41. The number of hydrogen-bond donors (Lipinski definition) is 0. The van der Waals surface area contributed by atoms with Gasteiger partial charge in [-0.25, -0.2) is 0 Å². The molecule has 2 heterocycles. The fraction of sp³-hybridized carbons (Fsp3) is 0.333. The van der Waals surface area contributed by atoms with Gasteiger partial charge in [0.1, 0.15) is 5.76 Å². The zero-order chi connectivity index (χ0) is 17.9. The molecule has 5 heteroatoms. The van der Waals surface area contributed by atoms with Gasteiger partial charge in [-0.3, -0.25) is 10.1 Å². The van der Waals surface area contributed by atoms with Gasteiger partial charge in [0.25, 0.3) is 0 Å². The van der Waals surface area contributed by atoms with Crippen LogP contribution in [0.25, 0.3) is 5.76 Å². The monoisotopic (exact) mass is 351 g/mol. The summed E-state index contributed by atoms with van der Waals surface area (Å²) >= 11 is 0. The van der Waals surface area contributed by atoms with Crippen molar-refractivity contribution in [3.63, 3.8) is 0 Å². The van der Waals surface area contributed by atoms with Crippen molar-refractivity contribution in [1.82, 2.24) is 0 Å². The van der Waals surface area contributed by atoms with Crippen LogP contribution in [-0.4, -0.2) is 17.8 Å². The van der Waals surface area contributed by atoms with Crippen LogP contribution in [0.15, 0.2) is 66.7 Å². The van der Waals surface area contributed by atoms with E-state index in [0.29, 0.717) is 5.76 Å². The van der Waals surface area contributed by atoms with Gasteiger partial charge in [-0.15, -0.1) is 0 Å². The number of hydrogen-bond acceptors (Lipinski definition) is 4. The molecule has 0 aliphatic carbocycles. The summed E-state index contributed by atoms with van der Waals surface area (Å²) in [6.45, 7) is -0.0970. The van der Waals surface area contributed by atoms with Gasteiger partial charge in [0, 0.05) is 16.4 Å². The fourth-order valence-electron chi connectivity index (χ4n) is 3.86. The molecule has 0 bridgehead atoms. The molecule has 5 nitrogen and oxygen atoms in total. The predicted molar refractivity (Wildman–Crippen MR) is 97.6 cm³/mol. The summed E-state index contributed by atoms with van der Waals surface area (Å²) in [4.78, 5) is 10.9. The van der Waals surface area contributed by atoms with Crippen LogP contribution < -0.4 is 0 Å². The highest BCUT2D eigenvalue weighted by Gasteiger charge is 2.42. The highest BCUT2D eigenvalue weighted by Crippen LogP contribution is 2.43. The van der Waals surface area contributed by atoms with E-state index in [1.807, 2.05) is 54.6 Å². The number of benzene rings is 2. The summed E-state index contributed by atoms with van der Waals surface area (Å²) in [5.41, 5.74) is 2.04. The van der Waals surface area contributed by atoms with Gasteiger partial charge in [0.2, 0.25) is 12.8 Å². The Balaban J connectivity index is 1.60. The Kier molecular flexibility index (Phi) is 4.71. The van der Waals surface area contributed by atoms with Gasteiger partial charge >= 0.3 is 0 Å². The summed E-state index contributed by atoms with van der Waals surface area (Å²) in [7, 11) is 0. The topological polar surface area (TPSA) is 61.6 Å². The number of nitro groups is 1. The molecule has 4 rings (SSSR count). The Labute approximate surface area is 152 Å². The number of rotatable bonds is 4. The second kappa shape index (κ2) is 7.30. The van der Waals surface area contributed by atoms with Crippen LogP contribution in [0.4, 0.5) is 0 Å². The Morgan fingerprint density at radius 1 is 1.00 bits per heavy atom. The minimum atomic E-state index is -0.459. The average molecular weight is 351 g/mol. The quantitative estimate of drug-likeness (QED) is 0.603. The van der Waals surface area contributed by atoms with Crippen LogP contribution in [0, 0.1) is 22.0 Å². The third-order valence-corrected chi connectivity index (χ3v) is 5.16. The molecule has 0 spiro atoms. The molecule has 2 aromatic rings. The highest BCUT2D eigenvalue weighted by atomic mass is 16.7. The summed E-state index contributed by atoms with van der Waals surface area (Å²) in [6, 6.07) is 19.8. The minimum absolute atomic E-state index is 0.00724. The molecule has 26 heavy (non-hydrogen) atoms. The van der Waals surface area contributed by atoms with Gasteiger partial charge in [0.05, 0.1) is 12.0 Å². The molecular formula is C21H21NO4. The number of ether oxygens (including phenoxy) is 2. The first-order valence-electron chi connectivity index (χ1n) is 8.97. The van der Waals surface area contributed by atoms with Crippen molar-refractivity contribution in [2.45, 2.75) is 25.2 Å². The maximum absolute atomic E-state index is 11.2. The van der Waals surface area contributed by atoms with Gasteiger partial charge in [0.15, 0.2) is 0 Å². The van der Waals surface area contributed by atoms with Gasteiger partial charge < -0.3 is 9.47 Å². The lowest BCUT2D eigenvalue weighted by molar-refractivity contribution is -0.489. The normalized spacial score (nSPS) is 27.8. The standard InChI is InChI=1S/C21H21NO4/c23-22(24)14-17-13-20(16-9-5-2-6-10-16)26-21-18(17)11-12-19(25-21)15-7-3-1-4-8-15/h1-10,13,17-19,21H,11-12,14H2. The van der Waals surface area contributed by atoms with E-state index >= 15 is 0 Å². The third-order valence-electron chi connectivity index (χ3n) is 5.16. The molecule has 0 N–H and O–H groups in total. The number of fused-ring (bicyclic) bond motifs is 1. The minimum Gasteiger partial charge on any atom is -0.464 e. The van der Waals surface area contributed by atoms with Crippen molar-refractivity contribution in [3.05, 3.63) is 88.0 Å². The Bertz CT molecular complexity index is 790. The van der Waals surface area contributed by atoms with E-state index in [9.17, 15) is 10.1 Å². The van der Waals surface area contributed by atoms with Crippen molar-refractivity contribution < 1.29 is 14.4 Å². The molecule has 4 unspecified atom stereocenters. The molecule has 0 saturated carbocycles. The first kappa shape index (κ1) is 16.8. The zero-order valence-corrected chi connectivity index (χ0v) is 14.4. The smallest absolute Gasteiger partial charge is 0.210 e. The first-order valence-corrected chi connectivity index (χ1v) is 8.97. The van der Waals surface area contributed by atoms with Gasteiger partial charge in [-0.05, 0) is 24.5 Å². The van der Waals surface area contributed by atoms with Crippen molar-refractivity contribution in [2.24, 2.45) is 11.8 Å². The predicted octanol–water partition coefficient (Wildman–Crippen LogP) is 4.44. The van der Waals surface area contributed by atoms with E-state index < -0.39 is 6.29 Å². The summed E-state index contributed by atoms with van der Waals surface area (Å²) < 4.78 is 12.4. The van der Waals surface area contributed by atoms with E-state index in [-0.39, 0.29) is 29.4 Å². The van der Waals surface area contributed by atoms with Crippen molar-refractivity contribution >= 4 is 5.76 Å². The Hall–Kier alpha value is -2.66. The molecule has 1 saturated heterocycles. The van der Waals surface area contributed by atoms with Gasteiger partial charge in [-0.1, -0.05) is 60.7 Å².